The lowest BCUT2D eigenvalue weighted by molar-refractivity contribution is 0.402. The minimum Gasteiger partial charge on any atom is -0.443 e. The highest BCUT2D eigenvalue weighted by Gasteiger charge is 2.14. The summed E-state index contributed by atoms with van der Waals surface area (Å²) in [6.07, 6.45) is 0. The zero-order valence-corrected chi connectivity index (χ0v) is 10.5. The molecule has 5 nitrogen and oxygen atoms in total. The van der Waals surface area contributed by atoms with Crippen LogP contribution in [0.4, 0.5) is 0 Å². The monoisotopic (exact) mass is 254 g/mol. The zero-order chi connectivity index (χ0) is 12.6. The third-order valence-corrected chi connectivity index (χ3v) is 3.10. The molecule has 0 atom stereocenters. The molecule has 2 rings (SSSR count). The van der Waals surface area contributed by atoms with Crippen LogP contribution in [0.5, 0.6) is 0 Å². The first-order chi connectivity index (χ1) is 7.86. The van der Waals surface area contributed by atoms with E-state index in [2.05, 4.69) is 0 Å². The van der Waals surface area contributed by atoms with Crippen molar-refractivity contribution in [2.75, 3.05) is 14.1 Å². The SMILES string of the molecule is CN(C)Cc1ccc2oc(S(N)(=O)=O)cc2c1. The fraction of sp³-hybridized carbons (Fsp3) is 0.273. The highest BCUT2D eigenvalue weighted by atomic mass is 32.2. The number of hydrogen-bond donors (Lipinski definition) is 1. The molecule has 0 radical (unpaired) electrons. The molecule has 0 saturated carbocycles. The molecule has 6 heteroatoms. The predicted octanol–water partition coefficient (Wildman–Crippen LogP) is 1.14. The largest absolute Gasteiger partial charge is 0.443 e. The lowest BCUT2D eigenvalue weighted by atomic mass is 10.1. The van der Waals surface area contributed by atoms with E-state index in [1.807, 2.05) is 31.1 Å². The molecule has 0 unspecified atom stereocenters. The van der Waals surface area contributed by atoms with Gasteiger partial charge in [0.1, 0.15) is 5.58 Å². The summed E-state index contributed by atoms with van der Waals surface area (Å²) in [5.74, 6) is 0. The predicted molar refractivity (Wildman–Crippen MR) is 65.0 cm³/mol. The van der Waals surface area contributed by atoms with E-state index >= 15 is 0 Å². The van der Waals surface area contributed by atoms with Crippen LogP contribution in [-0.4, -0.2) is 27.4 Å². The number of hydrogen-bond acceptors (Lipinski definition) is 4. The van der Waals surface area contributed by atoms with Gasteiger partial charge in [0.15, 0.2) is 0 Å². The van der Waals surface area contributed by atoms with Crippen LogP contribution in [0.1, 0.15) is 5.56 Å². The molecule has 92 valence electrons. The molecule has 1 heterocycles. The normalized spacial score (nSPS) is 12.5. The molecule has 0 bridgehead atoms. The molecule has 1 aromatic carbocycles. The summed E-state index contributed by atoms with van der Waals surface area (Å²) in [7, 11) is 0.158. The van der Waals surface area contributed by atoms with Gasteiger partial charge in [-0.25, -0.2) is 13.6 Å². The van der Waals surface area contributed by atoms with Gasteiger partial charge < -0.3 is 9.32 Å². The summed E-state index contributed by atoms with van der Waals surface area (Å²) < 4.78 is 27.4. The van der Waals surface area contributed by atoms with Crippen molar-refractivity contribution >= 4 is 21.0 Å². The molecule has 2 N–H and O–H groups in total. The number of sulfonamides is 1. The summed E-state index contributed by atoms with van der Waals surface area (Å²) in [5, 5.41) is 5.55. The molecule has 0 aliphatic carbocycles. The minimum absolute atomic E-state index is 0.200. The van der Waals surface area contributed by atoms with Crippen molar-refractivity contribution in [1.29, 1.82) is 0 Å². The average molecular weight is 254 g/mol. The number of fused-ring (bicyclic) bond motifs is 1. The number of nitrogens with zero attached hydrogens (tertiary/aromatic N) is 1. The summed E-state index contributed by atoms with van der Waals surface area (Å²) in [4.78, 5) is 2.03. The molecule has 0 fully saturated rings. The maximum atomic E-state index is 11.1. The van der Waals surface area contributed by atoms with Crippen LogP contribution in [-0.2, 0) is 16.6 Å². The van der Waals surface area contributed by atoms with Crippen LogP contribution >= 0.6 is 0 Å². The van der Waals surface area contributed by atoms with Gasteiger partial charge >= 0.3 is 0 Å². The van der Waals surface area contributed by atoms with E-state index in [1.54, 1.807) is 6.07 Å². The van der Waals surface area contributed by atoms with Gasteiger partial charge in [0.05, 0.1) is 0 Å². The fourth-order valence-electron chi connectivity index (χ4n) is 1.67. The van der Waals surface area contributed by atoms with Crippen molar-refractivity contribution in [2.45, 2.75) is 11.6 Å². The van der Waals surface area contributed by atoms with Crippen molar-refractivity contribution < 1.29 is 12.8 Å². The first-order valence-corrected chi connectivity index (χ1v) is 6.61. The Hall–Kier alpha value is -1.37. The fourth-order valence-corrected chi connectivity index (χ4v) is 2.17. The number of primary sulfonamides is 1. The van der Waals surface area contributed by atoms with Gasteiger partial charge in [-0.1, -0.05) is 6.07 Å². The highest BCUT2D eigenvalue weighted by molar-refractivity contribution is 7.89. The number of furan rings is 1. The molecule has 2 aromatic rings. The summed E-state index contributed by atoms with van der Waals surface area (Å²) in [6, 6.07) is 7.00. The quantitative estimate of drug-likeness (QED) is 0.891. The van der Waals surface area contributed by atoms with Crippen LogP contribution in [0.15, 0.2) is 33.8 Å². The van der Waals surface area contributed by atoms with E-state index in [9.17, 15) is 8.42 Å². The summed E-state index contributed by atoms with van der Waals surface area (Å²) >= 11 is 0. The Morgan fingerprint density at radius 2 is 2.00 bits per heavy atom. The zero-order valence-electron chi connectivity index (χ0n) is 9.67. The molecule has 0 aliphatic rings. The second kappa shape index (κ2) is 4.14. The summed E-state index contributed by atoms with van der Waals surface area (Å²) in [6.45, 7) is 0.784. The van der Waals surface area contributed by atoms with Gasteiger partial charge in [-0.3, -0.25) is 0 Å². The third kappa shape index (κ3) is 2.66. The van der Waals surface area contributed by atoms with Crippen molar-refractivity contribution in [3.05, 3.63) is 29.8 Å². The van der Waals surface area contributed by atoms with E-state index in [0.29, 0.717) is 5.58 Å². The van der Waals surface area contributed by atoms with Crippen LogP contribution in [0, 0.1) is 0 Å². The Morgan fingerprint density at radius 3 is 2.59 bits per heavy atom. The lowest BCUT2D eigenvalue weighted by Crippen LogP contribution is -2.10. The van der Waals surface area contributed by atoms with E-state index in [4.69, 9.17) is 9.56 Å². The van der Waals surface area contributed by atoms with Gasteiger partial charge in [-0.05, 0) is 31.8 Å². The van der Waals surface area contributed by atoms with E-state index in [1.165, 1.54) is 6.07 Å². The van der Waals surface area contributed by atoms with Crippen LogP contribution in [0.2, 0.25) is 0 Å². The molecule has 0 aliphatic heterocycles. The van der Waals surface area contributed by atoms with Crippen LogP contribution in [0.3, 0.4) is 0 Å². The van der Waals surface area contributed by atoms with Crippen molar-refractivity contribution in [1.82, 2.24) is 4.90 Å². The van der Waals surface area contributed by atoms with E-state index in [0.717, 1.165) is 17.5 Å². The van der Waals surface area contributed by atoms with Gasteiger partial charge in [0, 0.05) is 18.0 Å². The first kappa shape index (κ1) is 12.1. The Morgan fingerprint density at radius 1 is 1.29 bits per heavy atom. The van der Waals surface area contributed by atoms with Gasteiger partial charge in [0.2, 0.25) is 5.09 Å². The smallest absolute Gasteiger partial charge is 0.271 e. The molecule has 17 heavy (non-hydrogen) atoms. The van der Waals surface area contributed by atoms with E-state index in [-0.39, 0.29) is 5.09 Å². The lowest BCUT2D eigenvalue weighted by Gasteiger charge is -2.08. The number of nitrogens with two attached hydrogens (primary N) is 1. The maximum Gasteiger partial charge on any atom is 0.271 e. The molecule has 1 aromatic heterocycles. The number of benzene rings is 1. The molecule has 0 saturated heterocycles. The summed E-state index contributed by atoms with van der Waals surface area (Å²) in [5.41, 5.74) is 1.61. The average Bonchev–Trinajstić information content (AvgIpc) is 2.58. The Kier molecular flexibility index (Phi) is 2.94. The number of rotatable bonds is 3. The highest BCUT2D eigenvalue weighted by Crippen LogP contribution is 2.23. The first-order valence-electron chi connectivity index (χ1n) is 5.06. The van der Waals surface area contributed by atoms with Crippen molar-refractivity contribution in [2.24, 2.45) is 5.14 Å². The molecule has 0 spiro atoms. The van der Waals surface area contributed by atoms with Gasteiger partial charge in [-0.2, -0.15) is 0 Å². The van der Waals surface area contributed by atoms with Crippen molar-refractivity contribution in [3.8, 4) is 0 Å². The standard InChI is InChI=1S/C11H14N2O3S/c1-13(2)7-8-3-4-10-9(5-8)6-11(16-10)17(12,14)15/h3-6H,7H2,1-2H3,(H2,12,14,15). The van der Waals surface area contributed by atoms with E-state index < -0.39 is 10.0 Å². The molecular formula is C11H14N2O3S. The third-order valence-electron chi connectivity index (χ3n) is 2.34. The second-order valence-corrected chi connectivity index (χ2v) is 5.71. The minimum atomic E-state index is -3.78. The van der Waals surface area contributed by atoms with Crippen LogP contribution < -0.4 is 5.14 Å². The van der Waals surface area contributed by atoms with Gasteiger partial charge in [-0.15, -0.1) is 0 Å². The Balaban J connectivity index is 2.48. The maximum absolute atomic E-state index is 11.1. The molecule has 0 amide bonds. The Labute approximate surface area is 99.9 Å². The second-order valence-electron chi connectivity index (χ2n) is 4.22. The molecular weight excluding hydrogens is 240 g/mol. The topological polar surface area (TPSA) is 76.5 Å². The van der Waals surface area contributed by atoms with Crippen molar-refractivity contribution in [3.63, 3.8) is 0 Å². The van der Waals surface area contributed by atoms with Crippen LogP contribution in [0.25, 0.3) is 11.0 Å². The Bertz CT molecular complexity index is 644. The van der Waals surface area contributed by atoms with Gasteiger partial charge in [0.25, 0.3) is 10.0 Å².